The van der Waals surface area contributed by atoms with E-state index in [1.165, 1.54) is 80.6 Å². The average molecular weight is 506 g/mol. The van der Waals surface area contributed by atoms with Crippen LogP contribution in [-0.4, -0.2) is 23.5 Å². The topological polar surface area (TPSA) is 105 Å². The third-order valence-electron chi connectivity index (χ3n) is 5.67. The summed E-state index contributed by atoms with van der Waals surface area (Å²) in [5.74, 6) is 0.0680. The third-order valence-corrected chi connectivity index (χ3v) is 5.67. The van der Waals surface area contributed by atoms with Crippen molar-refractivity contribution in [3.05, 3.63) is 94.0 Å². The number of ether oxygens (including phenoxy) is 3. The lowest BCUT2D eigenvalue weighted by Gasteiger charge is -2.08. The number of esters is 2. The first-order chi connectivity index (χ1) is 18.0. The maximum absolute atomic E-state index is 12.5. The van der Waals surface area contributed by atoms with Crippen molar-refractivity contribution in [2.75, 3.05) is 6.61 Å². The molecule has 0 radical (unpaired) electrons. The molecule has 194 valence electrons. The Kier molecular flexibility index (Phi) is 10.6. The highest BCUT2D eigenvalue weighted by atomic mass is 16.6. The first-order valence-corrected chi connectivity index (χ1v) is 12.5. The highest BCUT2D eigenvalue weighted by molar-refractivity contribution is 5.94. The number of benzene rings is 3. The van der Waals surface area contributed by atoms with Crippen LogP contribution < -0.4 is 14.2 Å². The van der Waals surface area contributed by atoms with Crippen molar-refractivity contribution in [3.8, 4) is 17.2 Å². The summed E-state index contributed by atoms with van der Waals surface area (Å²) in [5, 5.41) is 10.7. The minimum Gasteiger partial charge on any atom is -0.494 e. The Bertz CT molecular complexity index is 1160. The zero-order chi connectivity index (χ0) is 26.5. The normalized spacial score (nSPS) is 10.5. The molecular weight excluding hydrogens is 474 g/mol. The molecule has 3 aromatic rings. The van der Waals surface area contributed by atoms with Crippen LogP contribution in [-0.2, 0) is 0 Å². The molecule has 0 fully saturated rings. The highest BCUT2D eigenvalue weighted by Gasteiger charge is 2.13. The van der Waals surface area contributed by atoms with Crippen LogP contribution in [0.25, 0.3) is 0 Å². The van der Waals surface area contributed by atoms with Crippen molar-refractivity contribution in [2.45, 2.75) is 51.9 Å². The standard InChI is InChI=1S/C29H31NO7/c1-2-3-4-5-6-7-8-21-35-25-17-19-27(20-18-25)37-29(32)23-11-9-22(10-12-23)28(31)36-26-15-13-24(14-16-26)30(33)34/h9-20H,2-8,21H2,1H3. The van der Waals surface area contributed by atoms with Gasteiger partial charge in [0.15, 0.2) is 0 Å². The molecule has 8 nitrogen and oxygen atoms in total. The monoisotopic (exact) mass is 505 g/mol. The maximum Gasteiger partial charge on any atom is 0.343 e. The van der Waals surface area contributed by atoms with E-state index in [1.807, 2.05) is 0 Å². The minimum absolute atomic E-state index is 0.103. The quantitative estimate of drug-likeness (QED) is 0.0752. The molecule has 37 heavy (non-hydrogen) atoms. The van der Waals surface area contributed by atoms with E-state index in [0.29, 0.717) is 12.4 Å². The van der Waals surface area contributed by atoms with Gasteiger partial charge in [-0.1, -0.05) is 45.4 Å². The van der Waals surface area contributed by atoms with E-state index in [1.54, 1.807) is 24.3 Å². The van der Waals surface area contributed by atoms with Gasteiger partial charge in [0.25, 0.3) is 5.69 Å². The Balaban J connectivity index is 1.43. The molecule has 0 saturated carbocycles. The summed E-state index contributed by atoms with van der Waals surface area (Å²) in [6, 6.07) is 17.9. The lowest BCUT2D eigenvalue weighted by Crippen LogP contribution is -2.11. The molecule has 0 N–H and O–H groups in total. The number of nitrogens with zero attached hydrogens (tertiary/aromatic N) is 1. The molecule has 0 bridgehead atoms. The highest BCUT2D eigenvalue weighted by Crippen LogP contribution is 2.21. The number of nitro groups is 1. The summed E-state index contributed by atoms with van der Waals surface area (Å²) in [4.78, 5) is 35.0. The van der Waals surface area contributed by atoms with Gasteiger partial charge in [-0.3, -0.25) is 10.1 Å². The van der Waals surface area contributed by atoms with Crippen molar-refractivity contribution >= 4 is 17.6 Å². The van der Waals surface area contributed by atoms with Gasteiger partial charge >= 0.3 is 11.9 Å². The number of hydrogen-bond donors (Lipinski definition) is 0. The van der Waals surface area contributed by atoms with Crippen LogP contribution in [0.4, 0.5) is 5.69 Å². The Morgan fingerprint density at radius 3 is 1.57 bits per heavy atom. The third kappa shape index (κ3) is 9.07. The summed E-state index contributed by atoms with van der Waals surface area (Å²) in [6.45, 7) is 2.87. The van der Waals surface area contributed by atoms with Gasteiger partial charge in [0.1, 0.15) is 17.2 Å². The first kappa shape index (κ1) is 27.4. The van der Waals surface area contributed by atoms with Gasteiger partial charge in [0.2, 0.25) is 0 Å². The molecule has 0 aromatic heterocycles. The van der Waals surface area contributed by atoms with E-state index in [0.717, 1.165) is 18.6 Å². The first-order valence-electron chi connectivity index (χ1n) is 12.5. The SMILES string of the molecule is CCCCCCCCCOc1ccc(OC(=O)c2ccc(C(=O)Oc3ccc([N+](=O)[O-])cc3)cc2)cc1. The van der Waals surface area contributed by atoms with Crippen LogP contribution in [0.1, 0.15) is 72.6 Å². The van der Waals surface area contributed by atoms with E-state index in [-0.39, 0.29) is 22.6 Å². The van der Waals surface area contributed by atoms with Crippen molar-refractivity contribution in [3.63, 3.8) is 0 Å². The van der Waals surface area contributed by atoms with Crippen LogP contribution in [0.15, 0.2) is 72.8 Å². The van der Waals surface area contributed by atoms with Gasteiger partial charge in [-0.2, -0.15) is 0 Å². The largest absolute Gasteiger partial charge is 0.494 e. The number of hydrogen-bond acceptors (Lipinski definition) is 7. The van der Waals surface area contributed by atoms with Crippen LogP contribution in [0.5, 0.6) is 17.2 Å². The van der Waals surface area contributed by atoms with E-state index in [2.05, 4.69) is 6.92 Å². The van der Waals surface area contributed by atoms with Gasteiger partial charge < -0.3 is 14.2 Å². The van der Waals surface area contributed by atoms with Gasteiger partial charge in [-0.15, -0.1) is 0 Å². The van der Waals surface area contributed by atoms with E-state index in [4.69, 9.17) is 14.2 Å². The van der Waals surface area contributed by atoms with Crippen LogP contribution in [0.3, 0.4) is 0 Å². The molecule has 0 aliphatic carbocycles. The Morgan fingerprint density at radius 2 is 1.08 bits per heavy atom. The maximum atomic E-state index is 12.5. The number of carbonyl (C=O) groups excluding carboxylic acids is 2. The number of nitro benzene ring substituents is 1. The molecule has 0 spiro atoms. The predicted molar refractivity (Wildman–Crippen MR) is 139 cm³/mol. The molecular formula is C29H31NO7. The minimum atomic E-state index is -0.652. The van der Waals surface area contributed by atoms with Crippen molar-refractivity contribution < 1.29 is 28.7 Å². The van der Waals surface area contributed by atoms with Crippen LogP contribution in [0, 0.1) is 10.1 Å². The van der Waals surface area contributed by atoms with E-state index in [9.17, 15) is 19.7 Å². The molecule has 0 heterocycles. The second kappa shape index (κ2) is 14.4. The fourth-order valence-electron chi connectivity index (χ4n) is 3.56. The van der Waals surface area contributed by atoms with Gasteiger partial charge in [0.05, 0.1) is 22.7 Å². The number of rotatable bonds is 14. The van der Waals surface area contributed by atoms with Crippen LogP contribution >= 0.6 is 0 Å². The summed E-state index contributed by atoms with van der Waals surface area (Å²) in [6.07, 6.45) is 8.55. The molecule has 0 amide bonds. The van der Waals surface area contributed by atoms with Crippen molar-refractivity contribution in [2.24, 2.45) is 0 Å². The zero-order valence-electron chi connectivity index (χ0n) is 20.9. The predicted octanol–water partition coefficient (Wildman–Crippen LogP) is 7.16. The summed E-state index contributed by atoms with van der Waals surface area (Å²) in [7, 11) is 0. The average Bonchev–Trinajstić information content (AvgIpc) is 2.91. The molecule has 0 aliphatic rings. The summed E-state index contributed by atoms with van der Waals surface area (Å²) < 4.78 is 16.4. The fraction of sp³-hybridized carbons (Fsp3) is 0.310. The lowest BCUT2D eigenvalue weighted by molar-refractivity contribution is -0.384. The lowest BCUT2D eigenvalue weighted by atomic mass is 10.1. The Labute approximate surface area is 216 Å². The van der Waals surface area contributed by atoms with Crippen molar-refractivity contribution in [1.29, 1.82) is 0 Å². The second-order valence-electron chi connectivity index (χ2n) is 8.55. The Morgan fingerprint density at radius 1 is 0.649 bits per heavy atom. The second-order valence-corrected chi connectivity index (χ2v) is 8.55. The number of non-ortho nitro benzene ring substituents is 1. The van der Waals surface area contributed by atoms with E-state index >= 15 is 0 Å². The number of carbonyl (C=O) groups is 2. The molecule has 3 rings (SSSR count). The Hall–Kier alpha value is -4.20. The zero-order valence-corrected chi connectivity index (χ0v) is 20.9. The van der Waals surface area contributed by atoms with Gasteiger partial charge in [-0.25, -0.2) is 9.59 Å². The number of unbranched alkanes of at least 4 members (excludes halogenated alkanes) is 6. The van der Waals surface area contributed by atoms with Gasteiger partial charge in [-0.05, 0) is 67.1 Å². The van der Waals surface area contributed by atoms with E-state index < -0.39 is 16.9 Å². The molecule has 0 aliphatic heterocycles. The van der Waals surface area contributed by atoms with Crippen LogP contribution in [0.2, 0.25) is 0 Å². The van der Waals surface area contributed by atoms with Gasteiger partial charge in [0, 0.05) is 12.1 Å². The molecule has 0 unspecified atom stereocenters. The van der Waals surface area contributed by atoms with Crippen molar-refractivity contribution in [1.82, 2.24) is 0 Å². The molecule has 3 aromatic carbocycles. The smallest absolute Gasteiger partial charge is 0.343 e. The molecule has 0 atom stereocenters. The summed E-state index contributed by atoms with van der Waals surface area (Å²) >= 11 is 0. The molecule has 0 saturated heterocycles. The fourth-order valence-corrected chi connectivity index (χ4v) is 3.56. The summed E-state index contributed by atoms with van der Waals surface area (Å²) in [5.41, 5.74) is 0.386. The molecule has 8 heteroatoms.